The van der Waals surface area contributed by atoms with Crippen molar-refractivity contribution in [3.63, 3.8) is 0 Å². The summed E-state index contributed by atoms with van der Waals surface area (Å²) in [5.41, 5.74) is 9.10. The third-order valence-electron chi connectivity index (χ3n) is 9.42. The number of nitrogens with zero attached hydrogens (tertiary/aromatic N) is 1. The average Bonchev–Trinajstić information content (AvgIpc) is 3.71. The van der Waals surface area contributed by atoms with E-state index in [1.54, 1.807) is 0 Å². The molecular weight excluding hydrogens is 574 g/mol. The topological polar surface area (TPSA) is 29.5 Å². The van der Waals surface area contributed by atoms with Crippen molar-refractivity contribution in [2.75, 3.05) is 4.90 Å². The molecule has 0 unspecified atom stereocenters. The minimum atomic E-state index is 0.894. The molecule has 0 atom stereocenters. The second kappa shape index (κ2) is 10.1. The van der Waals surface area contributed by atoms with Crippen molar-refractivity contribution in [3.05, 3.63) is 164 Å². The lowest BCUT2D eigenvalue weighted by atomic mass is 10.00. The zero-order valence-corrected chi connectivity index (χ0v) is 25.4. The predicted molar refractivity (Wildman–Crippen MR) is 196 cm³/mol. The Hall–Kier alpha value is -6.32. The molecule has 3 nitrogen and oxygen atoms in total. The van der Waals surface area contributed by atoms with Gasteiger partial charge in [-0.15, -0.1) is 0 Å². The van der Waals surface area contributed by atoms with Crippen LogP contribution >= 0.6 is 0 Å². The molecule has 0 aliphatic rings. The van der Waals surface area contributed by atoms with Gasteiger partial charge in [-0.3, -0.25) is 0 Å². The maximum Gasteiger partial charge on any atom is 0.136 e. The zero-order chi connectivity index (χ0) is 30.9. The number of anilines is 3. The number of rotatable bonds is 4. The van der Waals surface area contributed by atoms with Gasteiger partial charge in [0.25, 0.3) is 0 Å². The molecule has 10 aromatic rings. The molecule has 0 radical (unpaired) electrons. The molecule has 0 saturated heterocycles. The number of furan rings is 2. The van der Waals surface area contributed by atoms with Gasteiger partial charge in [0.2, 0.25) is 0 Å². The Kier molecular flexibility index (Phi) is 5.57. The van der Waals surface area contributed by atoms with Crippen molar-refractivity contribution < 1.29 is 8.83 Å². The molecule has 0 amide bonds. The smallest absolute Gasteiger partial charge is 0.136 e. The molecule has 0 spiro atoms. The Morgan fingerprint density at radius 1 is 0.319 bits per heavy atom. The van der Waals surface area contributed by atoms with Crippen LogP contribution in [-0.4, -0.2) is 0 Å². The monoisotopic (exact) mass is 601 g/mol. The Balaban J connectivity index is 1.13. The van der Waals surface area contributed by atoms with Gasteiger partial charge in [-0.1, -0.05) is 97.1 Å². The number of benzene rings is 8. The van der Waals surface area contributed by atoms with Gasteiger partial charge < -0.3 is 13.7 Å². The van der Waals surface area contributed by atoms with Crippen LogP contribution < -0.4 is 4.90 Å². The highest BCUT2D eigenvalue weighted by molar-refractivity contribution is 6.20. The van der Waals surface area contributed by atoms with Crippen molar-refractivity contribution in [1.29, 1.82) is 0 Å². The van der Waals surface area contributed by atoms with Crippen molar-refractivity contribution in [3.8, 4) is 11.1 Å². The first-order valence-electron chi connectivity index (χ1n) is 15.9. The fourth-order valence-electron chi connectivity index (χ4n) is 7.24. The summed E-state index contributed by atoms with van der Waals surface area (Å²) in [6, 6.07) is 57.9. The van der Waals surface area contributed by atoms with E-state index in [4.69, 9.17) is 8.83 Å². The summed E-state index contributed by atoms with van der Waals surface area (Å²) in [4.78, 5) is 2.33. The van der Waals surface area contributed by atoms with Crippen LogP contribution in [0.4, 0.5) is 17.1 Å². The molecule has 0 bridgehead atoms. The quantitative estimate of drug-likeness (QED) is 0.201. The van der Waals surface area contributed by atoms with E-state index < -0.39 is 0 Å². The normalized spacial score (nSPS) is 11.8. The lowest BCUT2D eigenvalue weighted by molar-refractivity contribution is 0.669. The van der Waals surface area contributed by atoms with Gasteiger partial charge in [-0.2, -0.15) is 0 Å². The Bertz CT molecular complexity index is 2810. The highest BCUT2D eigenvalue weighted by Crippen LogP contribution is 2.42. The summed E-state index contributed by atoms with van der Waals surface area (Å²) >= 11 is 0. The van der Waals surface area contributed by atoms with E-state index >= 15 is 0 Å². The summed E-state index contributed by atoms with van der Waals surface area (Å²) < 4.78 is 12.7. The standard InChI is InChI=1S/C44H27NO2/c1-2-11-32(12-3-1)45(34-21-17-29-20-24-41-44(38(29)27-34)36-15-6-7-16-39(36)46-41)33-13-8-10-30(25-33)31-18-22-37-42(26-31)47-40-23-19-28-9-4-5-14-35(28)43(37)40/h1-27H. The molecule has 8 aromatic carbocycles. The van der Waals surface area contributed by atoms with Crippen molar-refractivity contribution >= 4 is 82.5 Å². The molecule has 0 aliphatic heterocycles. The zero-order valence-electron chi connectivity index (χ0n) is 25.4. The van der Waals surface area contributed by atoms with Gasteiger partial charge in [0.05, 0.1) is 0 Å². The largest absolute Gasteiger partial charge is 0.456 e. The van der Waals surface area contributed by atoms with Crippen LogP contribution in [0.3, 0.4) is 0 Å². The van der Waals surface area contributed by atoms with E-state index in [1.807, 2.05) is 12.1 Å². The number of para-hydroxylation sites is 2. The maximum atomic E-state index is 6.42. The number of fused-ring (bicyclic) bond motifs is 10. The molecule has 47 heavy (non-hydrogen) atoms. The van der Waals surface area contributed by atoms with E-state index in [9.17, 15) is 0 Å². The first kappa shape index (κ1) is 26.0. The van der Waals surface area contributed by atoms with E-state index in [0.717, 1.165) is 66.7 Å². The summed E-state index contributed by atoms with van der Waals surface area (Å²) in [6.07, 6.45) is 0. The van der Waals surface area contributed by atoms with Crippen molar-refractivity contribution in [1.82, 2.24) is 0 Å². The Morgan fingerprint density at radius 2 is 0.936 bits per heavy atom. The Labute approximate surface area is 270 Å². The third kappa shape index (κ3) is 4.07. The van der Waals surface area contributed by atoms with E-state index in [-0.39, 0.29) is 0 Å². The molecular formula is C44H27NO2. The van der Waals surface area contributed by atoms with Crippen molar-refractivity contribution in [2.24, 2.45) is 0 Å². The fourth-order valence-corrected chi connectivity index (χ4v) is 7.24. The molecule has 0 saturated carbocycles. The molecule has 0 N–H and O–H groups in total. The first-order chi connectivity index (χ1) is 23.3. The highest BCUT2D eigenvalue weighted by atomic mass is 16.3. The molecule has 2 heterocycles. The summed E-state index contributed by atoms with van der Waals surface area (Å²) in [6.45, 7) is 0. The summed E-state index contributed by atoms with van der Waals surface area (Å²) in [5, 5.41) is 9.37. The molecule has 2 aromatic heterocycles. The van der Waals surface area contributed by atoms with E-state index in [2.05, 4.69) is 157 Å². The van der Waals surface area contributed by atoms with Gasteiger partial charge in [0.15, 0.2) is 0 Å². The van der Waals surface area contributed by atoms with Gasteiger partial charge in [-0.05, 0) is 99.4 Å². The van der Waals surface area contributed by atoms with Crippen LogP contribution in [0.25, 0.3) is 76.5 Å². The average molecular weight is 602 g/mol. The molecule has 0 aliphatic carbocycles. The van der Waals surface area contributed by atoms with Crippen LogP contribution in [0.15, 0.2) is 173 Å². The highest BCUT2D eigenvalue weighted by Gasteiger charge is 2.17. The lowest BCUT2D eigenvalue weighted by Gasteiger charge is -2.26. The summed E-state index contributed by atoms with van der Waals surface area (Å²) in [7, 11) is 0. The minimum absolute atomic E-state index is 0.894. The van der Waals surface area contributed by atoms with Crippen LogP contribution in [0.2, 0.25) is 0 Å². The fraction of sp³-hybridized carbons (Fsp3) is 0. The van der Waals surface area contributed by atoms with Crippen LogP contribution in [0.5, 0.6) is 0 Å². The van der Waals surface area contributed by atoms with Gasteiger partial charge >= 0.3 is 0 Å². The molecule has 220 valence electrons. The van der Waals surface area contributed by atoms with E-state index in [0.29, 0.717) is 0 Å². The Morgan fingerprint density at radius 3 is 1.81 bits per heavy atom. The number of hydrogen-bond acceptors (Lipinski definition) is 3. The minimum Gasteiger partial charge on any atom is -0.456 e. The predicted octanol–water partition coefficient (Wildman–Crippen LogP) is 12.9. The number of hydrogen-bond donors (Lipinski definition) is 0. The molecule has 0 fully saturated rings. The molecule has 3 heteroatoms. The van der Waals surface area contributed by atoms with Crippen LogP contribution in [0.1, 0.15) is 0 Å². The third-order valence-corrected chi connectivity index (χ3v) is 9.42. The van der Waals surface area contributed by atoms with Gasteiger partial charge in [0, 0.05) is 38.6 Å². The first-order valence-corrected chi connectivity index (χ1v) is 15.9. The van der Waals surface area contributed by atoms with Gasteiger partial charge in [-0.25, -0.2) is 0 Å². The second-order valence-electron chi connectivity index (χ2n) is 12.1. The molecule has 10 rings (SSSR count). The second-order valence-corrected chi connectivity index (χ2v) is 12.1. The maximum absolute atomic E-state index is 6.42. The lowest BCUT2D eigenvalue weighted by Crippen LogP contribution is -2.09. The van der Waals surface area contributed by atoms with Crippen LogP contribution in [0, 0.1) is 0 Å². The van der Waals surface area contributed by atoms with E-state index in [1.165, 1.54) is 26.9 Å². The van der Waals surface area contributed by atoms with Crippen LogP contribution in [-0.2, 0) is 0 Å². The van der Waals surface area contributed by atoms with Crippen molar-refractivity contribution in [2.45, 2.75) is 0 Å². The SMILES string of the molecule is c1ccc(N(c2cccc(-c3ccc4c(c3)oc3ccc5ccccc5c34)c2)c2ccc3ccc4oc5ccccc5c4c3c2)cc1. The van der Waals surface area contributed by atoms with Gasteiger partial charge in [0.1, 0.15) is 22.3 Å². The summed E-state index contributed by atoms with van der Waals surface area (Å²) in [5.74, 6) is 0.